The molecule has 1 unspecified atom stereocenters. The van der Waals surface area contributed by atoms with Crippen LogP contribution in [0.4, 0.5) is 0 Å². The first-order chi connectivity index (χ1) is 8.36. The fraction of sp³-hybridized carbons (Fsp3) is 0.692. The van der Waals surface area contributed by atoms with Gasteiger partial charge in [-0.15, -0.1) is 0 Å². The molecule has 0 aromatic carbocycles. The molecule has 0 bridgehead atoms. The summed E-state index contributed by atoms with van der Waals surface area (Å²) >= 11 is 3.88. The third kappa shape index (κ3) is 4.62. The van der Waals surface area contributed by atoms with Crippen molar-refractivity contribution in [1.82, 2.24) is 10.2 Å². The Morgan fingerprint density at radius 1 is 1.47 bits per heavy atom. The van der Waals surface area contributed by atoms with Crippen LogP contribution in [0.15, 0.2) is 16.8 Å². The maximum Gasteiger partial charge on any atom is 0.0191 e. The quantitative estimate of drug-likeness (QED) is 0.766. The summed E-state index contributed by atoms with van der Waals surface area (Å²) in [6, 6.07) is 3.03. The number of nitrogens with one attached hydrogen (secondary N) is 1. The Morgan fingerprint density at radius 3 is 3.12 bits per heavy atom. The lowest BCUT2D eigenvalue weighted by Crippen LogP contribution is -2.37. The molecular formula is C13H22N2S2. The van der Waals surface area contributed by atoms with E-state index in [0.717, 1.165) is 25.6 Å². The molecule has 4 heteroatoms. The number of rotatable bonds is 7. The van der Waals surface area contributed by atoms with Crippen LogP contribution in [0, 0.1) is 0 Å². The Hall–Kier alpha value is -0.0300. The molecule has 0 aliphatic carbocycles. The third-order valence-electron chi connectivity index (χ3n) is 3.34. The molecule has 1 N–H and O–H groups in total. The van der Waals surface area contributed by atoms with E-state index in [1.54, 1.807) is 11.3 Å². The van der Waals surface area contributed by atoms with Gasteiger partial charge in [0.25, 0.3) is 0 Å². The lowest BCUT2D eigenvalue weighted by atomic mass is 10.2. The molecule has 1 fully saturated rings. The number of nitrogens with zero attached hydrogens (tertiary/aromatic N) is 1. The van der Waals surface area contributed by atoms with Gasteiger partial charge in [0, 0.05) is 24.9 Å². The van der Waals surface area contributed by atoms with E-state index < -0.39 is 0 Å². The van der Waals surface area contributed by atoms with Crippen LogP contribution < -0.4 is 5.32 Å². The molecular weight excluding hydrogens is 248 g/mol. The Balaban J connectivity index is 1.51. The predicted molar refractivity (Wildman–Crippen MR) is 79.3 cm³/mol. The highest BCUT2D eigenvalue weighted by molar-refractivity contribution is 7.99. The van der Waals surface area contributed by atoms with Crippen molar-refractivity contribution in [1.29, 1.82) is 0 Å². The summed E-state index contributed by atoms with van der Waals surface area (Å²) in [7, 11) is 2.26. The summed E-state index contributed by atoms with van der Waals surface area (Å²) in [5.74, 6) is 2.67. The van der Waals surface area contributed by atoms with Gasteiger partial charge in [-0.3, -0.25) is 0 Å². The fourth-order valence-corrected chi connectivity index (χ4v) is 4.10. The van der Waals surface area contributed by atoms with Crippen LogP contribution in [-0.2, 0) is 6.42 Å². The van der Waals surface area contributed by atoms with Crippen LogP contribution in [0.1, 0.15) is 12.0 Å². The van der Waals surface area contributed by atoms with E-state index in [-0.39, 0.29) is 0 Å². The van der Waals surface area contributed by atoms with Gasteiger partial charge in [0.05, 0.1) is 0 Å². The first-order valence-electron chi connectivity index (χ1n) is 6.36. The molecule has 1 aromatic heterocycles. The first kappa shape index (κ1) is 13.4. The monoisotopic (exact) mass is 270 g/mol. The Bertz CT molecular complexity index is 294. The van der Waals surface area contributed by atoms with Gasteiger partial charge in [0.2, 0.25) is 0 Å². The van der Waals surface area contributed by atoms with E-state index in [9.17, 15) is 0 Å². The third-order valence-corrected chi connectivity index (χ3v) is 5.22. The molecule has 2 heterocycles. The van der Waals surface area contributed by atoms with Gasteiger partial charge in [0.15, 0.2) is 0 Å². The number of hydrogen-bond acceptors (Lipinski definition) is 4. The summed E-state index contributed by atoms with van der Waals surface area (Å²) in [6.45, 7) is 3.39. The largest absolute Gasteiger partial charge is 0.315 e. The standard InChI is InChI=1S/C13H22N2S2/c1-15(13-4-9-17-11-13)7-6-14-5-2-12-3-8-16-10-12/h3,8,10,13-14H,2,4-7,9,11H2,1H3. The van der Waals surface area contributed by atoms with Gasteiger partial charge >= 0.3 is 0 Å². The lowest BCUT2D eigenvalue weighted by Gasteiger charge is -2.23. The van der Waals surface area contributed by atoms with Crippen molar-refractivity contribution in [2.75, 3.05) is 38.2 Å². The molecule has 96 valence electrons. The minimum absolute atomic E-state index is 0.818. The van der Waals surface area contributed by atoms with Crippen LogP contribution in [0.2, 0.25) is 0 Å². The molecule has 17 heavy (non-hydrogen) atoms. The van der Waals surface area contributed by atoms with Gasteiger partial charge in [0.1, 0.15) is 0 Å². The molecule has 1 aliphatic heterocycles. The number of thiophene rings is 1. The molecule has 0 radical (unpaired) electrons. The zero-order valence-electron chi connectivity index (χ0n) is 10.5. The minimum Gasteiger partial charge on any atom is -0.315 e. The molecule has 2 nitrogen and oxygen atoms in total. The Kier molecular flexibility index (Phi) is 5.85. The molecule has 0 spiro atoms. The van der Waals surface area contributed by atoms with E-state index in [1.807, 2.05) is 0 Å². The first-order valence-corrected chi connectivity index (χ1v) is 8.46. The van der Waals surface area contributed by atoms with Crippen molar-refractivity contribution in [3.63, 3.8) is 0 Å². The summed E-state index contributed by atoms with van der Waals surface area (Å²) in [6.07, 6.45) is 2.53. The van der Waals surface area contributed by atoms with E-state index in [0.29, 0.717) is 0 Å². The highest BCUT2D eigenvalue weighted by Crippen LogP contribution is 2.20. The van der Waals surface area contributed by atoms with Crippen molar-refractivity contribution >= 4 is 23.1 Å². The fourth-order valence-electron chi connectivity index (χ4n) is 2.10. The van der Waals surface area contributed by atoms with E-state index in [2.05, 4.69) is 45.9 Å². The number of thioether (sulfide) groups is 1. The molecule has 1 saturated heterocycles. The molecule has 0 amide bonds. The van der Waals surface area contributed by atoms with E-state index in [4.69, 9.17) is 0 Å². The molecule has 2 rings (SSSR count). The van der Waals surface area contributed by atoms with Crippen molar-refractivity contribution in [2.24, 2.45) is 0 Å². The maximum atomic E-state index is 3.53. The summed E-state index contributed by atoms with van der Waals surface area (Å²) < 4.78 is 0. The average Bonchev–Trinajstić information content (AvgIpc) is 3.01. The minimum atomic E-state index is 0.818. The van der Waals surface area contributed by atoms with Crippen LogP contribution in [0.25, 0.3) is 0 Å². The SMILES string of the molecule is CN(CCNCCc1ccsc1)C1CCSC1. The van der Waals surface area contributed by atoms with Crippen molar-refractivity contribution in [2.45, 2.75) is 18.9 Å². The Morgan fingerprint density at radius 2 is 2.41 bits per heavy atom. The van der Waals surface area contributed by atoms with E-state index in [1.165, 1.54) is 30.0 Å². The van der Waals surface area contributed by atoms with Crippen LogP contribution in [0.3, 0.4) is 0 Å². The van der Waals surface area contributed by atoms with Gasteiger partial charge < -0.3 is 10.2 Å². The average molecular weight is 270 g/mol. The summed E-state index contributed by atoms with van der Waals surface area (Å²) in [5.41, 5.74) is 1.46. The highest BCUT2D eigenvalue weighted by Gasteiger charge is 2.18. The second-order valence-electron chi connectivity index (χ2n) is 4.63. The number of likely N-dealkylation sites (N-methyl/N-ethyl adjacent to an activating group) is 1. The van der Waals surface area contributed by atoms with Crippen molar-refractivity contribution in [3.05, 3.63) is 22.4 Å². The Labute approximate surface area is 113 Å². The predicted octanol–water partition coefficient (Wildman–Crippen LogP) is 2.32. The molecule has 1 atom stereocenters. The zero-order valence-corrected chi connectivity index (χ0v) is 12.2. The van der Waals surface area contributed by atoms with Crippen molar-refractivity contribution in [3.8, 4) is 0 Å². The topological polar surface area (TPSA) is 15.3 Å². The molecule has 1 aromatic rings. The summed E-state index contributed by atoms with van der Waals surface area (Å²) in [5, 5.41) is 7.93. The van der Waals surface area contributed by atoms with Crippen LogP contribution in [-0.4, -0.2) is 49.1 Å². The second kappa shape index (κ2) is 7.41. The normalized spacial score (nSPS) is 20.2. The zero-order chi connectivity index (χ0) is 11.9. The van der Waals surface area contributed by atoms with Gasteiger partial charge in [-0.25, -0.2) is 0 Å². The summed E-state index contributed by atoms with van der Waals surface area (Å²) in [4.78, 5) is 2.51. The van der Waals surface area contributed by atoms with Crippen LogP contribution in [0.5, 0.6) is 0 Å². The number of hydrogen-bond donors (Lipinski definition) is 1. The van der Waals surface area contributed by atoms with E-state index >= 15 is 0 Å². The maximum absolute atomic E-state index is 3.53. The van der Waals surface area contributed by atoms with Crippen LogP contribution >= 0.6 is 23.1 Å². The van der Waals surface area contributed by atoms with Gasteiger partial charge in [-0.2, -0.15) is 23.1 Å². The molecule has 0 saturated carbocycles. The van der Waals surface area contributed by atoms with Crippen molar-refractivity contribution < 1.29 is 0 Å². The lowest BCUT2D eigenvalue weighted by molar-refractivity contribution is 0.262. The molecule has 1 aliphatic rings. The smallest absolute Gasteiger partial charge is 0.0191 e. The van der Waals surface area contributed by atoms with Gasteiger partial charge in [-0.1, -0.05) is 0 Å². The van der Waals surface area contributed by atoms with Gasteiger partial charge in [-0.05, 0) is 54.6 Å². The second-order valence-corrected chi connectivity index (χ2v) is 6.56. The highest BCUT2D eigenvalue weighted by atomic mass is 32.2.